The van der Waals surface area contributed by atoms with Gasteiger partial charge in [0.05, 0.1) is 11.7 Å². The van der Waals surface area contributed by atoms with Gasteiger partial charge in [-0.15, -0.1) is 0 Å². The molecule has 0 aromatic carbocycles. The normalized spacial score (nSPS) is 55.0. The Hall–Kier alpha value is -0.930. The second kappa shape index (κ2) is 4.58. The van der Waals surface area contributed by atoms with Crippen LogP contribution in [-0.2, 0) is 4.79 Å². The number of aliphatic hydroxyl groups excluding tert-OH is 1. The van der Waals surface area contributed by atoms with E-state index in [0.717, 1.165) is 25.7 Å². The quantitative estimate of drug-likeness (QED) is 0.722. The molecule has 23 heavy (non-hydrogen) atoms. The Balaban J connectivity index is 1.72. The van der Waals surface area contributed by atoms with Gasteiger partial charge in [0.2, 0.25) is 0 Å². The van der Waals surface area contributed by atoms with E-state index in [-0.39, 0.29) is 16.6 Å². The zero-order valence-corrected chi connectivity index (χ0v) is 14.4. The molecule has 0 heterocycles. The number of hydrogen-bond acceptors (Lipinski definition) is 3. The third-order valence-electron chi connectivity index (χ3n) is 8.23. The summed E-state index contributed by atoms with van der Waals surface area (Å²) in [5.41, 5.74) is 0.0924. The van der Waals surface area contributed by atoms with Gasteiger partial charge in [-0.2, -0.15) is 0 Å². The van der Waals surface area contributed by atoms with E-state index in [9.17, 15) is 15.0 Å². The van der Waals surface area contributed by atoms with Crippen LogP contribution in [0.15, 0.2) is 23.8 Å². The number of ketones is 1. The van der Waals surface area contributed by atoms with E-state index in [1.807, 2.05) is 13.0 Å². The van der Waals surface area contributed by atoms with Gasteiger partial charge in [0.1, 0.15) is 0 Å². The Morgan fingerprint density at radius 1 is 1.17 bits per heavy atom. The molecule has 0 saturated heterocycles. The number of carbonyl (C=O) groups is 1. The van der Waals surface area contributed by atoms with Gasteiger partial charge in [0.25, 0.3) is 0 Å². The predicted octanol–water partition coefficient (Wildman–Crippen LogP) is 3.02. The van der Waals surface area contributed by atoms with Crippen LogP contribution in [0.1, 0.15) is 52.9 Å². The summed E-state index contributed by atoms with van der Waals surface area (Å²) in [5, 5.41) is 21.4. The maximum absolute atomic E-state index is 11.8. The largest absolute Gasteiger partial charge is 0.390 e. The molecule has 7 atom stereocenters. The van der Waals surface area contributed by atoms with Gasteiger partial charge in [0, 0.05) is 10.8 Å². The first-order valence-corrected chi connectivity index (χ1v) is 9.05. The molecule has 3 heteroatoms. The Labute approximate surface area is 138 Å². The molecule has 0 aliphatic heterocycles. The smallest absolute Gasteiger partial charge is 0.178 e. The first-order valence-electron chi connectivity index (χ1n) is 9.05. The van der Waals surface area contributed by atoms with Crippen molar-refractivity contribution in [2.75, 3.05) is 0 Å². The van der Waals surface area contributed by atoms with Gasteiger partial charge in [-0.25, -0.2) is 0 Å². The molecule has 3 fully saturated rings. The van der Waals surface area contributed by atoms with Gasteiger partial charge in [-0.1, -0.05) is 25.5 Å². The van der Waals surface area contributed by atoms with Crippen LogP contribution in [0.25, 0.3) is 0 Å². The number of carbonyl (C=O) groups excluding carboxylic acids is 1. The summed E-state index contributed by atoms with van der Waals surface area (Å²) in [6.07, 6.45) is 9.87. The lowest BCUT2D eigenvalue weighted by Crippen LogP contribution is -2.54. The second-order valence-corrected chi connectivity index (χ2v) is 8.96. The molecule has 126 valence electrons. The van der Waals surface area contributed by atoms with Crippen LogP contribution in [-0.4, -0.2) is 27.7 Å². The minimum Gasteiger partial charge on any atom is -0.390 e. The average Bonchev–Trinajstić information content (AvgIpc) is 2.67. The minimum absolute atomic E-state index is 0.0163. The van der Waals surface area contributed by atoms with Crippen LogP contribution in [0.5, 0.6) is 0 Å². The molecule has 3 nitrogen and oxygen atoms in total. The van der Waals surface area contributed by atoms with Gasteiger partial charge < -0.3 is 10.2 Å². The van der Waals surface area contributed by atoms with Crippen molar-refractivity contribution in [1.29, 1.82) is 0 Å². The van der Waals surface area contributed by atoms with Crippen molar-refractivity contribution in [1.82, 2.24) is 0 Å². The van der Waals surface area contributed by atoms with Gasteiger partial charge in [-0.05, 0) is 68.9 Å². The molecule has 4 aliphatic carbocycles. The molecule has 2 N–H and O–H groups in total. The molecule has 0 radical (unpaired) electrons. The molecule has 0 bridgehead atoms. The van der Waals surface area contributed by atoms with E-state index in [1.54, 1.807) is 6.08 Å². The molecule has 3 saturated carbocycles. The Kier molecular flexibility index (Phi) is 3.10. The van der Waals surface area contributed by atoms with Crippen molar-refractivity contribution >= 4 is 5.78 Å². The third-order valence-corrected chi connectivity index (χ3v) is 8.23. The van der Waals surface area contributed by atoms with E-state index in [4.69, 9.17) is 0 Å². The Bertz CT molecular complexity index is 616. The third kappa shape index (κ3) is 1.81. The Morgan fingerprint density at radius 3 is 2.65 bits per heavy atom. The van der Waals surface area contributed by atoms with Crippen LogP contribution in [0, 0.1) is 28.6 Å². The van der Waals surface area contributed by atoms with Gasteiger partial charge in [-0.3, -0.25) is 4.79 Å². The van der Waals surface area contributed by atoms with E-state index in [2.05, 4.69) is 19.9 Å². The molecular weight excluding hydrogens is 288 g/mol. The first kappa shape index (κ1) is 15.6. The van der Waals surface area contributed by atoms with E-state index in [1.165, 1.54) is 5.57 Å². The highest BCUT2D eigenvalue weighted by atomic mass is 16.3. The SMILES string of the molecule is C[C@]12C=CC(=O)C=C1CC[C@@H]1[C@@H]2CC[C@@]2(C)[C@H]1C[C@H](O)[C@]2(C)O. The summed E-state index contributed by atoms with van der Waals surface area (Å²) in [6.45, 7) is 6.29. The molecule has 0 aromatic heterocycles. The number of rotatable bonds is 0. The van der Waals surface area contributed by atoms with Crippen molar-refractivity contribution in [3.63, 3.8) is 0 Å². The van der Waals surface area contributed by atoms with E-state index in [0.29, 0.717) is 24.2 Å². The summed E-state index contributed by atoms with van der Waals surface area (Å²) < 4.78 is 0. The highest BCUT2D eigenvalue weighted by Crippen LogP contribution is 2.66. The van der Waals surface area contributed by atoms with Crippen molar-refractivity contribution in [3.8, 4) is 0 Å². The number of fused-ring (bicyclic) bond motifs is 5. The fourth-order valence-corrected chi connectivity index (χ4v) is 6.43. The summed E-state index contributed by atoms with van der Waals surface area (Å²) in [5.74, 6) is 1.54. The lowest BCUT2D eigenvalue weighted by molar-refractivity contribution is -0.140. The number of aliphatic hydroxyl groups is 2. The van der Waals surface area contributed by atoms with Crippen molar-refractivity contribution < 1.29 is 15.0 Å². The van der Waals surface area contributed by atoms with Crippen molar-refractivity contribution in [2.24, 2.45) is 28.6 Å². The number of hydrogen-bond donors (Lipinski definition) is 2. The summed E-state index contributed by atoms with van der Waals surface area (Å²) >= 11 is 0. The zero-order valence-electron chi connectivity index (χ0n) is 14.4. The average molecular weight is 316 g/mol. The second-order valence-electron chi connectivity index (χ2n) is 8.96. The van der Waals surface area contributed by atoms with Crippen molar-refractivity contribution in [3.05, 3.63) is 23.8 Å². The maximum Gasteiger partial charge on any atom is 0.178 e. The monoisotopic (exact) mass is 316 g/mol. The maximum atomic E-state index is 11.8. The summed E-state index contributed by atoms with van der Waals surface area (Å²) in [4.78, 5) is 11.8. The fourth-order valence-electron chi connectivity index (χ4n) is 6.43. The van der Waals surface area contributed by atoms with E-state index >= 15 is 0 Å². The van der Waals surface area contributed by atoms with Crippen LogP contribution in [0.2, 0.25) is 0 Å². The standard InChI is InChI=1S/C20H28O3/c1-18-8-6-13(21)10-12(18)4-5-14-15(18)7-9-19(2)16(14)11-17(22)20(19,3)23/h6,8,10,14-17,22-23H,4-5,7,9,11H2,1-3H3/t14-,15+,16+,17+,18+,19+,20+/m1/s1. The van der Waals surface area contributed by atoms with Crippen LogP contribution in [0.4, 0.5) is 0 Å². The molecule has 4 aliphatic rings. The zero-order chi connectivity index (χ0) is 16.6. The molecule has 0 unspecified atom stereocenters. The van der Waals surface area contributed by atoms with Gasteiger partial charge in [0.15, 0.2) is 5.78 Å². The predicted molar refractivity (Wildman–Crippen MR) is 88.6 cm³/mol. The van der Waals surface area contributed by atoms with Crippen LogP contribution in [0.3, 0.4) is 0 Å². The lowest BCUT2D eigenvalue weighted by Gasteiger charge is -2.57. The molecular formula is C20H28O3. The van der Waals surface area contributed by atoms with Crippen LogP contribution >= 0.6 is 0 Å². The fraction of sp³-hybridized carbons (Fsp3) is 0.750. The summed E-state index contributed by atoms with van der Waals surface area (Å²) in [7, 11) is 0. The van der Waals surface area contributed by atoms with Crippen LogP contribution < -0.4 is 0 Å². The molecule has 4 rings (SSSR count). The lowest BCUT2D eigenvalue weighted by atomic mass is 9.47. The number of allylic oxidation sites excluding steroid dienone is 4. The summed E-state index contributed by atoms with van der Waals surface area (Å²) in [6, 6.07) is 0. The highest BCUT2D eigenvalue weighted by molar-refractivity contribution is 6.01. The first-order chi connectivity index (χ1) is 10.7. The van der Waals surface area contributed by atoms with Crippen molar-refractivity contribution in [2.45, 2.75) is 64.6 Å². The molecule has 0 aromatic rings. The molecule has 0 amide bonds. The van der Waals surface area contributed by atoms with E-state index < -0.39 is 11.7 Å². The van der Waals surface area contributed by atoms with Gasteiger partial charge >= 0.3 is 0 Å². The molecule has 0 spiro atoms. The highest BCUT2D eigenvalue weighted by Gasteiger charge is 2.65. The topological polar surface area (TPSA) is 57.5 Å². The minimum atomic E-state index is -0.988. The Morgan fingerprint density at radius 2 is 1.91 bits per heavy atom.